The summed E-state index contributed by atoms with van der Waals surface area (Å²) in [7, 11) is 0. The first-order valence-electron chi connectivity index (χ1n) is 7.82. The first kappa shape index (κ1) is 17.7. The Morgan fingerprint density at radius 3 is 2.67 bits per heavy atom. The van der Waals surface area contributed by atoms with Crippen LogP contribution in [0.3, 0.4) is 0 Å². The fraction of sp³-hybridized carbons (Fsp3) is 0.750. The second-order valence-corrected chi connectivity index (χ2v) is 6.56. The molecular weight excluding hydrogens is 264 g/mol. The predicted octanol–water partition coefficient (Wildman–Crippen LogP) is 2.16. The van der Waals surface area contributed by atoms with E-state index in [-0.39, 0.29) is 11.3 Å². The number of amides is 1. The van der Waals surface area contributed by atoms with Crippen molar-refractivity contribution in [3.63, 3.8) is 0 Å². The van der Waals surface area contributed by atoms with Crippen LogP contribution >= 0.6 is 0 Å². The summed E-state index contributed by atoms with van der Waals surface area (Å²) in [4.78, 5) is 11.8. The fourth-order valence-corrected chi connectivity index (χ4v) is 2.41. The van der Waals surface area contributed by atoms with Crippen molar-refractivity contribution < 1.29 is 4.79 Å². The van der Waals surface area contributed by atoms with Crippen molar-refractivity contribution in [1.29, 1.82) is 0 Å². The minimum Gasteiger partial charge on any atom is -0.356 e. The Hall–Kier alpha value is -1.36. The Kier molecular flexibility index (Phi) is 6.89. The number of aryl methyl sites for hydroxylation is 3. The Balaban J connectivity index is 2.18. The third-order valence-electron chi connectivity index (χ3n) is 3.82. The van der Waals surface area contributed by atoms with Crippen LogP contribution < -0.4 is 11.1 Å². The molecule has 0 aliphatic carbocycles. The van der Waals surface area contributed by atoms with Gasteiger partial charge in [-0.2, -0.15) is 5.10 Å². The van der Waals surface area contributed by atoms with Gasteiger partial charge < -0.3 is 11.1 Å². The normalized spacial score (nSPS) is 11.7. The van der Waals surface area contributed by atoms with Gasteiger partial charge in [-0.3, -0.25) is 9.48 Å². The van der Waals surface area contributed by atoms with Crippen LogP contribution in [0.15, 0.2) is 6.07 Å². The zero-order valence-corrected chi connectivity index (χ0v) is 13.9. The van der Waals surface area contributed by atoms with Gasteiger partial charge in [0.2, 0.25) is 5.91 Å². The first-order valence-corrected chi connectivity index (χ1v) is 7.82. The van der Waals surface area contributed by atoms with Crippen molar-refractivity contribution in [2.45, 2.75) is 59.9 Å². The highest BCUT2D eigenvalue weighted by Crippen LogP contribution is 2.25. The standard InChI is InChI=1S/C16H30N4O/c1-13-12-14(2)20(19-13)11-5-10-18-15(21)6-7-16(3,4)8-9-17/h12H,5-11,17H2,1-4H3,(H,18,21). The van der Waals surface area contributed by atoms with E-state index in [1.807, 2.05) is 11.6 Å². The molecule has 5 heteroatoms. The SMILES string of the molecule is Cc1cc(C)n(CCCNC(=O)CCC(C)(C)CCN)n1. The number of aromatic nitrogens is 2. The molecule has 1 heterocycles. The lowest BCUT2D eigenvalue weighted by Gasteiger charge is -2.23. The van der Waals surface area contributed by atoms with Crippen LogP contribution in [-0.4, -0.2) is 28.8 Å². The molecule has 0 fully saturated rings. The molecule has 0 aliphatic rings. The van der Waals surface area contributed by atoms with Crippen LogP contribution in [0.25, 0.3) is 0 Å². The molecule has 1 rings (SSSR count). The van der Waals surface area contributed by atoms with E-state index in [4.69, 9.17) is 5.73 Å². The molecule has 0 bridgehead atoms. The number of hydrogen-bond acceptors (Lipinski definition) is 3. The van der Waals surface area contributed by atoms with Crippen LogP contribution in [0, 0.1) is 19.3 Å². The van der Waals surface area contributed by atoms with Crippen LogP contribution in [0.1, 0.15) is 50.9 Å². The van der Waals surface area contributed by atoms with Gasteiger partial charge in [0.1, 0.15) is 0 Å². The summed E-state index contributed by atoms with van der Waals surface area (Å²) in [5.74, 6) is 0.133. The summed E-state index contributed by atoms with van der Waals surface area (Å²) >= 11 is 0. The van der Waals surface area contributed by atoms with Gasteiger partial charge >= 0.3 is 0 Å². The van der Waals surface area contributed by atoms with Crippen molar-refractivity contribution in [3.05, 3.63) is 17.5 Å². The highest BCUT2D eigenvalue weighted by molar-refractivity contribution is 5.75. The van der Waals surface area contributed by atoms with Gasteiger partial charge in [0, 0.05) is 25.2 Å². The number of nitrogens with one attached hydrogen (secondary N) is 1. The Bertz CT molecular complexity index is 451. The second-order valence-electron chi connectivity index (χ2n) is 6.56. The molecule has 3 N–H and O–H groups in total. The minimum atomic E-state index is 0.133. The third kappa shape index (κ3) is 6.76. The predicted molar refractivity (Wildman–Crippen MR) is 86.0 cm³/mol. The van der Waals surface area contributed by atoms with Crippen molar-refractivity contribution in [1.82, 2.24) is 15.1 Å². The summed E-state index contributed by atoms with van der Waals surface area (Å²) in [6.07, 6.45) is 3.32. The lowest BCUT2D eigenvalue weighted by molar-refractivity contribution is -0.121. The lowest BCUT2D eigenvalue weighted by atomic mass is 9.84. The summed E-state index contributed by atoms with van der Waals surface area (Å²) in [6.45, 7) is 10.6. The van der Waals surface area contributed by atoms with Crippen LogP contribution in [-0.2, 0) is 11.3 Å². The van der Waals surface area contributed by atoms with E-state index in [0.717, 1.165) is 31.5 Å². The maximum Gasteiger partial charge on any atom is 0.220 e. The molecule has 0 aliphatic heterocycles. The van der Waals surface area contributed by atoms with E-state index >= 15 is 0 Å². The molecule has 0 atom stereocenters. The molecule has 5 nitrogen and oxygen atoms in total. The largest absolute Gasteiger partial charge is 0.356 e. The van der Waals surface area contributed by atoms with E-state index in [1.165, 1.54) is 5.69 Å². The van der Waals surface area contributed by atoms with Crippen molar-refractivity contribution in [3.8, 4) is 0 Å². The minimum absolute atomic E-state index is 0.133. The molecule has 21 heavy (non-hydrogen) atoms. The third-order valence-corrected chi connectivity index (χ3v) is 3.82. The van der Waals surface area contributed by atoms with Crippen molar-refractivity contribution in [2.24, 2.45) is 11.1 Å². The Morgan fingerprint density at radius 2 is 2.10 bits per heavy atom. The average Bonchev–Trinajstić information content (AvgIpc) is 2.71. The lowest BCUT2D eigenvalue weighted by Crippen LogP contribution is -2.27. The van der Waals surface area contributed by atoms with Crippen molar-refractivity contribution >= 4 is 5.91 Å². The van der Waals surface area contributed by atoms with Crippen LogP contribution in [0.5, 0.6) is 0 Å². The molecule has 1 aromatic rings. The number of rotatable bonds is 9. The number of hydrogen-bond donors (Lipinski definition) is 2. The molecule has 0 spiro atoms. The zero-order valence-electron chi connectivity index (χ0n) is 13.9. The summed E-state index contributed by atoms with van der Waals surface area (Å²) in [5, 5.41) is 7.39. The smallest absolute Gasteiger partial charge is 0.220 e. The van der Waals surface area contributed by atoms with E-state index in [9.17, 15) is 4.79 Å². The zero-order chi connectivity index (χ0) is 15.9. The summed E-state index contributed by atoms with van der Waals surface area (Å²) < 4.78 is 1.99. The molecule has 1 amide bonds. The van der Waals surface area contributed by atoms with Gasteiger partial charge in [-0.05, 0) is 51.1 Å². The number of nitrogens with two attached hydrogens (primary N) is 1. The van der Waals surface area contributed by atoms with Gasteiger partial charge in [-0.15, -0.1) is 0 Å². The van der Waals surface area contributed by atoms with E-state index < -0.39 is 0 Å². The quantitative estimate of drug-likeness (QED) is 0.685. The number of carbonyl (C=O) groups is 1. The Morgan fingerprint density at radius 1 is 1.38 bits per heavy atom. The molecule has 0 aromatic carbocycles. The summed E-state index contributed by atoms with van der Waals surface area (Å²) in [5.41, 5.74) is 7.94. The molecule has 0 unspecified atom stereocenters. The molecule has 0 radical (unpaired) electrons. The van der Waals surface area contributed by atoms with Gasteiger partial charge in [0.15, 0.2) is 0 Å². The Labute approximate surface area is 128 Å². The first-order chi connectivity index (χ1) is 9.84. The monoisotopic (exact) mass is 294 g/mol. The molecule has 0 saturated carbocycles. The van der Waals surface area contributed by atoms with Gasteiger partial charge in [0.25, 0.3) is 0 Å². The van der Waals surface area contributed by atoms with Crippen LogP contribution in [0.2, 0.25) is 0 Å². The topological polar surface area (TPSA) is 72.9 Å². The molecular formula is C16H30N4O. The molecule has 0 saturated heterocycles. The van der Waals surface area contributed by atoms with Gasteiger partial charge in [0.05, 0.1) is 5.69 Å². The highest BCUT2D eigenvalue weighted by Gasteiger charge is 2.18. The highest BCUT2D eigenvalue weighted by atomic mass is 16.1. The molecule has 1 aromatic heterocycles. The van der Waals surface area contributed by atoms with E-state index in [2.05, 4.69) is 37.3 Å². The maximum absolute atomic E-state index is 11.8. The molecule has 120 valence electrons. The van der Waals surface area contributed by atoms with Gasteiger partial charge in [-0.1, -0.05) is 13.8 Å². The maximum atomic E-state index is 11.8. The van der Waals surface area contributed by atoms with Gasteiger partial charge in [-0.25, -0.2) is 0 Å². The van der Waals surface area contributed by atoms with E-state index in [0.29, 0.717) is 19.5 Å². The average molecular weight is 294 g/mol. The van der Waals surface area contributed by atoms with Crippen LogP contribution in [0.4, 0.5) is 0 Å². The fourth-order valence-electron chi connectivity index (χ4n) is 2.41. The van der Waals surface area contributed by atoms with E-state index in [1.54, 1.807) is 0 Å². The second kappa shape index (κ2) is 8.17. The summed E-state index contributed by atoms with van der Waals surface area (Å²) in [6, 6.07) is 2.07. The number of nitrogens with zero attached hydrogens (tertiary/aromatic N) is 2. The van der Waals surface area contributed by atoms with Crippen molar-refractivity contribution in [2.75, 3.05) is 13.1 Å². The number of carbonyl (C=O) groups excluding carboxylic acids is 1.